The van der Waals surface area contributed by atoms with Crippen LogP contribution in [0.1, 0.15) is 30.1 Å². The Morgan fingerprint density at radius 3 is 2.12 bits per heavy atom. The Morgan fingerprint density at radius 2 is 1.56 bits per heavy atom. The molecule has 2 aromatic carbocycles. The third kappa shape index (κ3) is 5.28. The summed E-state index contributed by atoms with van der Waals surface area (Å²) in [5.41, 5.74) is 2.50. The number of amides is 1. The summed E-state index contributed by atoms with van der Waals surface area (Å²) in [4.78, 5) is 35.3. The van der Waals surface area contributed by atoms with E-state index in [2.05, 4.69) is 5.32 Å². The molecule has 25 heavy (non-hydrogen) atoms. The second-order valence-corrected chi connectivity index (χ2v) is 5.73. The summed E-state index contributed by atoms with van der Waals surface area (Å²) < 4.78 is 4.69. The van der Waals surface area contributed by atoms with Crippen LogP contribution in [-0.2, 0) is 14.3 Å². The molecule has 0 spiro atoms. The van der Waals surface area contributed by atoms with Crippen molar-refractivity contribution < 1.29 is 19.1 Å². The van der Waals surface area contributed by atoms with Crippen LogP contribution in [0, 0.1) is 0 Å². The van der Waals surface area contributed by atoms with Crippen LogP contribution >= 0.6 is 0 Å². The highest BCUT2D eigenvalue weighted by Gasteiger charge is 2.22. The molecule has 0 aliphatic heterocycles. The molecule has 0 heterocycles. The fourth-order valence-electron chi connectivity index (χ4n) is 2.43. The van der Waals surface area contributed by atoms with E-state index in [-0.39, 0.29) is 24.5 Å². The Morgan fingerprint density at radius 1 is 0.960 bits per heavy atom. The van der Waals surface area contributed by atoms with E-state index in [9.17, 15) is 14.4 Å². The number of Topliss-reactive ketones (excluding diaryl/α,β-unsaturated/α-hetero) is 1. The zero-order chi connectivity index (χ0) is 18.2. The Kier molecular flexibility index (Phi) is 6.46. The van der Waals surface area contributed by atoms with Crippen molar-refractivity contribution in [3.8, 4) is 11.1 Å². The minimum Gasteiger partial charge on any atom is -0.467 e. The monoisotopic (exact) mass is 339 g/mol. The summed E-state index contributed by atoms with van der Waals surface area (Å²) in [6, 6.07) is 16.1. The molecule has 130 valence electrons. The molecule has 5 nitrogen and oxygen atoms in total. The molecule has 0 saturated carbocycles. The van der Waals surface area contributed by atoms with E-state index in [1.54, 1.807) is 12.1 Å². The topological polar surface area (TPSA) is 72.5 Å². The first-order chi connectivity index (χ1) is 12.0. The number of carbonyl (C=O) groups is 3. The molecule has 0 unspecified atom stereocenters. The predicted molar refractivity (Wildman–Crippen MR) is 95.1 cm³/mol. The average molecular weight is 339 g/mol. The molecular weight excluding hydrogens is 318 g/mol. The van der Waals surface area contributed by atoms with Crippen molar-refractivity contribution in [1.82, 2.24) is 5.32 Å². The molecule has 0 bridgehead atoms. The number of esters is 1. The van der Waals surface area contributed by atoms with E-state index in [0.717, 1.165) is 11.1 Å². The van der Waals surface area contributed by atoms with Gasteiger partial charge in [-0.15, -0.1) is 0 Å². The molecule has 0 aliphatic rings. The third-order valence-electron chi connectivity index (χ3n) is 3.83. The Bertz CT molecular complexity index is 738. The van der Waals surface area contributed by atoms with Gasteiger partial charge >= 0.3 is 5.97 Å². The number of benzene rings is 2. The van der Waals surface area contributed by atoms with Crippen LogP contribution in [0.2, 0.25) is 0 Å². The van der Waals surface area contributed by atoms with Gasteiger partial charge in [-0.3, -0.25) is 4.79 Å². The quantitative estimate of drug-likeness (QED) is 0.787. The summed E-state index contributed by atoms with van der Waals surface area (Å²) >= 11 is 0. The van der Waals surface area contributed by atoms with Crippen LogP contribution < -0.4 is 5.32 Å². The number of nitrogens with one attached hydrogen (secondary N) is 1. The molecular formula is C20H21NO4. The normalized spacial score (nSPS) is 11.4. The predicted octanol–water partition coefficient (Wildman–Crippen LogP) is 2.99. The van der Waals surface area contributed by atoms with Gasteiger partial charge in [0.25, 0.3) is 5.91 Å². The number of hydrogen-bond acceptors (Lipinski definition) is 4. The van der Waals surface area contributed by atoms with E-state index in [4.69, 9.17) is 4.74 Å². The molecule has 2 rings (SSSR count). The smallest absolute Gasteiger partial charge is 0.328 e. The van der Waals surface area contributed by atoms with Crippen molar-refractivity contribution in [1.29, 1.82) is 0 Å². The van der Waals surface area contributed by atoms with Crippen LogP contribution in [0.25, 0.3) is 11.1 Å². The first-order valence-electron chi connectivity index (χ1n) is 8.05. The largest absolute Gasteiger partial charge is 0.467 e. The van der Waals surface area contributed by atoms with Gasteiger partial charge in [-0.1, -0.05) is 42.5 Å². The lowest BCUT2D eigenvalue weighted by atomic mass is 10.0. The molecule has 0 aliphatic carbocycles. The molecule has 2 aromatic rings. The molecule has 0 saturated heterocycles. The number of ketones is 1. The van der Waals surface area contributed by atoms with E-state index < -0.39 is 12.0 Å². The highest BCUT2D eigenvalue weighted by atomic mass is 16.5. The fourth-order valence-corrected chi connectivity index (χ4v) is 2.43. The lowest BCUT2D eigenvalue weighted by Crippen LogP contribution is -2.41. The molecule has 1 N–H and O–H groups in total. The fraction of sp³-hybridized carbons (Fsp3) is 0.250. The summed E-state index contributed by atoms with van der Waals surface area (Å²) in [5.74, 6) is -0.982. The standard InChI is InChI=1S/C20H21NO4/c1-14(22)8-13-18(20(24)25-2)21-19(23)17-11-9-16(10-12-17)15-6-4-3-5-7-15/h3-7,9-12,18H,8,13H2,1-2H3,(H,21,23)/t18-/m0/s1. The SMILES string of the molecule is COC(=O)[C@H](CCC(C)=O)NC(=O)c1ccc(-c2ccccc2)cc1. The Hall–Kier alpha value is -2.95. The van der Waals surface area contributed by atoms with Crippen molar-refractivity contribution in [2.24, 2.45) is 0 Å². The van der Waals surface area contributed by atoms with Crippen LogP contribution in [-0.4, -0.2) is 30.8 Å². The van der Waals surface area contributed by atoms with Crippen LogP contribution in [0.15, 0.2) is 54.6 Å². The van der Waals surface area contributed by atoms with Crippen molar-refractivity contribution >= 4 is 17.7 Å². The van der Waals surface area contributed by atoms with Crippen molar-refractivity contribution in [2.75, 3.05) is 7.11 Å². The second-order valence-electron chi connectivity index (χ2n) is 5.73. The first-order valence-corrected chi connectivity index (χ1v) is 8.05. The van der Waals surface area contributed by atoms with Crippen molar-refractivity contribution in [3.63, 3.8) is 0 Å². The van der Waals surface area contributed by atoms with Gasteiger partial charge in [-0.2, -0.15) is 0 Å². The summed E-state index contributed by atoms with van der Waals surface area (Å²) in [5, 5.41) is 2.63. The van der Waals surface area contributed by atoms with Gasteiger partial charge in [-0.05, 0) is 36.6 Å². The maximum Gasteiger partial charge on any atom is 0.328 e. The molecule has 0 fully saturated rings. The number of ether oxygens (including phenoxy) is 1. The van der Waals surface area contributed by atoms with Gasteiger partial charge in [0.1, 0.15) is 11.8 Å². The van der Waals surface area contributed by atoms with Crippen LogP contribution in [0.4, 0.5) is 0 Å². The third-order valence-corrected chi connectivity index (χ3v) is 3.83. The highest BCUT2D eigenvalue weighted by Crippen LogP contribution is 2.19. The van der Waals surface area contributed by atoms with Gasteiger partial charge in [-0.25, -0.2) is 4.79 Å². The minimum absolute atomic E-state index is 0.0460. The zero-order valence-corrected chi connectivity index (χ0v) is 14.3. The average Bonchev–Trinajstić information content (AvgIpc) is 2.65. The minimum atomic E-state index is -0.838. The summed E-state index contributed by atoms with van der Waals surface area (Å²) in [6.45, 7) is 1.44. The van der Waals surface area contributed by atoms with E-state index in [0.29, 0.717) is 5.56 Å². The first kappa shape index (κ1) is 18.4. The number of rotatable bonds is 7. The highest BCUT2D eigenvalue weighted by molar-refractivity contribution is 5.97. The van der Waals surface area contributed by atoms with E-state index >= 15 is 0 Å². The summed E-state index contributed by atoms with van der Waals surface area (Å²) in [6.07, 6.45) is 0.419. The zero-order valence-electron chi connectivity index (χ0n) is 14.3. The van der Waals surface area contributed by atoms with Crippen LogP contribution in [0.3, 0.4) is 0 Å². The molecule has 1 amide bonds. The second kappa shape index (κ2) is 8.78. The number of hydrogen-bond donors (Lipinski definition) is 1. The molecule has 0 radical (unpaired) electrons. The van der Waals surface area contributed by atoms with E-state index in [1.807, 2.05) is 42.5 Å². The van der Waals surface area contributed by atoms with E-state index in [1.165, 1.54) is 14.0 Å². The van der Waals surface area contributed by atoms with Gasteiger partial charge in [0.05, 0.1) is 7.11 Å². The van der Waals surface area contributed by atoms with Gasteiger partial charge < -0.3 is 14.8 Å². The molecule has 0 aromatic heterocycles. The van der Waals surface area contributed by atoms with Crippen molar-refractivity contribution in [2.45, 2.75) is 25.8 Å². The van der Waals surface area contributed by atoms with Crippen LogP contribution in [0.5, 0.6) is 0 Å². The Labute approximate surface area is 147 Å². The van der Waals surface area contributed by atoms with Crippen molar-refractivity contribution in [3.05, 3.63) is 60.2 Å². The van der Waals surface area contributed by atoms with Gasteiger partial charge in [0.2, 0.25) is 0 Å². The van der Waals surface area contributed by atoms with Gasteiger partial charge in [0, 0.05) is 12.0 Å². The lowest BCUT2D eigenvalue weighted by molar-refractivity contribution is -0.143. The molecule has 1 atom stereocenters. The summed E-state index contributed by atoms with van der Waals surface area (Å²) in [7, 11) is 1.25. The van der Waals surface area contributed by atoms with Gasteiger partial charge in [0.15, 0.2) is 0 Å². The number of methoxy groups -OCH3 is 1. The maximum atomic E-state index is 12.4. The molecule has 5 heteroatoms. The lowest BCUT2D eigenvalue weighted by Gasteiger charge is -2.16. The Balaban J connectivity index is 2.07. The maximum absolute atomic E-state index is 12.4. The number of carbonyl (C=O) groups excluding carboxylic acids is 3.